The quantitative estimate of drug-likeness (QED) is 0.662. The molecule has 3 aliphatic rings. The molecule has 3 heterocycles. The zero-order valence-electron chi connectivity index (χ0n) is 13.8. The standard InChI is InChI=1S/C7H12N2O4.C7H13NO2/c1-7(2)5(12)8(3-10)6(13)9(7)4-11;1-2-7-3-9-5-8(7)6-10-4-7/h10-11H,3-4H2,1-2H3;2-6H2,1H3. The van der Waals surface area contributed by atoms with Crippen LogP contribution in [0.1, 0.15) is 27.2 Å². The number of aliphatic hydroxyl groups is 2. The Morgan fingerprint density at radius 1 is 1.09 bits per heavy atom. The van der Waals surface area contributed by atoms with Gasteiger partial charge in [-0.2, -0.15) is 0 Å². The van der Waals surface area contributed by atoms with Gasteiger partial charge < -0.3 is 19.7 Å². The van der Waals surface area contributed by atoms with Crippen LogP contribution in [0.3, 0.4) is 0 Å². The molecule has 0 aliphatic carbocycles. The predicted molar refractivity (Wildman–Crippen MR) is 78.8 cm³/mol. The molecule has 0 saturated carbocycles. The molecule has 0 spiro atoms. The summed E-state index contributed by atoms with van der Waals surface area (Å²) in [5, 5.41) is 17.6. The minimum Gasteiger partial charge on any atom is -0.376 e. The summed E-state index contributed by atoms with van der Waals surface area (Å²) in [5.41, 5.74) is -0.839. The molecule has 9 heteroatoms. The molecule has 3 amide bonds. The Kier molecular flexibility index (Phi) is 5.27. The number of rotatable bonds is 3. The van der Waals surface area contributed by atoms with Crippen LogP contribution in [0.4, 0.5) is 4.79 Å². The molecule has 0 atom stereocenters. The van der Waals surface area contributed by atoms with E-state index in [1.165, 1.54) is 13.8 Å². The van der Waals surface area contributed by atoms with Gasteiger partial charge in [-0.1, -0.05) is 6.92 Å². The normalized spacial score (nSPS) is 25.6. The summed E-state index contributed by atoms with van der Waals surface area (Å²) in [4.78, 5) is 26.7. The molecule has 9 nitrogen and oxygen atoms in total. The fraction of sp³-hybridized carbons (Fsp3) is 0.857. The number of aliphatic hydroxyl groups excluding tert-OH is 2. The van der Waals surface area contributed by atoms with Crippen molar-refractivity contribution >= 4 is 11.9 Å². The van der Waals surface area contributed by atoms with E-state index >= 15 is 0 Å². The van der Waals surface area contributed by atoms with Crippen molar-refractivity contribution in [3.63, 3.8) is 0 Å². The molecule has 23 heavy (non-hydrogen) atoms. The van der Waals surface area contributed by atoms with E-state index in [1.807, 2.05) is 0 Å². The summed E-state index contributed by atoms with van der Waals surface area (Å²) in [6.45, 7) is 7.24. The van der Waals surface area contributed by atoms with Gasteiger partial charge >= 0.3 is 6.03 Å². The van der Waals surface area contributed by atoms with Gasteiger partial charge in [0.1, 0.15) is 32.5 Å². The molecule has 0 radical (unpaired) electrons. The van der Waals surface area contributed by atoms with Crippen molar-refractivity contribution in [2.24, 2.45) is 0 Å². The summed E-state index contributed by atoms with van der Waals surface area (Å²) in [6.07, 6.45) is 1.13. The second-order valence-corrected chi connectivity index (χ2v) is 6.36. The number of carbonyl (C=O) groups excluding carboxylic acids is 2. The largest absolute Gasteiger partial charge is 0.376 e. The van der Waals surface area contributed by atoms with Crippen molar-refractivity contribution in [1.82, 2.24) is 14.7 Å². The van der Waals surface area contributed by atoms with Crippen molar-refractivity contribution in [2.45, 2.75) is 38.3 Å². The van der Waals surface area contributed by atoms with E-state index in [9.17, 15) is 9.59 Å². The van der Waals surface area contributed by atoms with Gasteiger partial charge in [0, 0.05) is 0 Å². The molecule has 2 N–H and O–H groups in total. The number of imide groups is 1. The number of carbonyl (C=O) groups is 2. The summed E-state index contributed by atoms with van der Waals surface area (Å²) in [5.74, 6) is -0.506. The number of ether oxygens (including phenoxy) is 2. The van der Waals surface area contributed by atoms with Gasteiger partial charge in [0.25, 0.3) is 5.91 Å². The Morgan fingerprint density at radius 3 is 1.96 bits per heavy atom. The molecule has 3 rings (SSSR count). The van der Waals surface area contributed by atoms with E-state index in [0.29, 0.717) is 4.90 Å². The zero-order chi connectivity index (χ0) is 17.3. The Balaban J connectivity index is 0.000000172. The van der Waals surface area contributed by atoms with Gasteiger partial charge in [-0.3, -0.25) is 9.69 Å². The predicted octanol–water partition coefficient (Wildman–Crippen LogP) is -0.659. The first kappa shape index (κ1) is 18.1. The maximum Gasteiger partial charge on any atom is 0.331 e. The lowest BCUT2D eigenvalue weighted by Gasteiger charge is -2.24. The molecule has 0 bridgehead atoms. The molecule has 3 fully saturated rings. The van der Waals surface area contributed by atoms with Crippen LogP contribution < -0.4 is 0 Å². The van der Waals surface area contributed by atoms with E-state index < -0.39 is 30.9 Å². The highest BCUT2D eigenvalue weighted by atomic mass is 16.6. The molecule has 3 aliphatic heterocycles. The number of amides is 3. The lowest BCUT2D eigenvalue weighted by Crippen LogP contribution is -2.44. The van der Waals surface area contributed by atoms with E-state index in [4.69, 9.17) is 19.7 Å². The van der Waals surface area contributed by atoms with E-state index in [2.05, 4.69) is 11.8 Å². The number of urea groups is 1. The molecule has 0 unspecified atom stereocenters. The fourth-order valence-electron chi connectivity index (χ4n) is 2.93. The maximum atomic E-state index is 11.4. The van der Waals surface area contributed by atoms with Gasteiger partial charge in [0.2, 0.25) is 0 Å². The second-order valence-electron chi connectivity index (χ2n) is 6.36. The second kappa shape index (κ2) is 6.70. The third-order valence-electron chi connectivity index (χ3n) is 4.75. The molecular formula is C14H25N3O6. The van der Waals surface area contributed by atoms with Gasteiger partial charge in [-0.25, -0.2) is 14.6 Å². The third kappa shape index (κ3) is 2.94. The lowest BCUT2D eigenvalue weighted by atomic mass is 9.99. The van der Waals surface area contributed by atoms with Crippen LogP contribution >= 0.6 is 0 Å². The first-order valence-electron chi connectivity index (χ1n) is 7.60. The van der Waals surface area contributed by atoms with E-state index in [-0.39, 0.29) is 5.54 Å². The van der Waals surface area contributed by atoms with Crippen molar-refractivity contribution in [1.29, 1.82) is 0 Å². The lowest BCUT2D eigenvalue weighted by molar-refractivity contribution is -0.134. The Bertz CT molecular complexity index is 459. The fourth-order valence-corrected chi connectivity index (χ4v) is 2.93. The summed E-state index contributed by atoms with van der Waals surface area (Å²) in [7, 11) is 0. The van der Waals surface area contributed by atoms with Crippen molar-refractivity contribution in [2.75, 3.05) is 40.1 Å². The first-order valence-corrected chi connectivity index (χ1v) is 7.60. The number of nitrogens with zero attached hydrogens (tertiary/aromatic N) is 3. The van der Waals surface area contributed by atoms with Crippen LogP contribution in [-0.2, 0) is 14.3 Å². The Labute approximate surface area is 135 Å². The Hall–Kier alpha value is -1.26. The average Bonchev–Trinajstić information content (AvgIpc) is 3.12. The van der Waals surface area contributed by atoms with Crippen LogP contribution in [0.5, 0.6) is 0 Å². The molecular weight excluding hydrogens is 306 g/mol. The van der Waals surface area contributed by atoms with E-state index in [0.717, 1.165) is 38.0 Å². The topological polar surface area (TPSA) is 103 Å². The van der Waals surface area contributed by atoms with E-state index in [1.54, 1.807) is 0 Å². The van der Waals surface area contributed by atoms with Gasteiger partial charge in [-0.05, 0) is 20.3 Å². The maximum absolute atomic E-state index is 11.4. The number of fused-ring (bicyclic) bond motifs is 1. The monoisotopic (exact) mass is 331 g/mol. The van der Waals surface area contributed by atoms with Gasteiger partial charge in [-0.15, -0.1) is 0 Å². The summed E-state index contributed by atoms with van der Waals surface area (Å²) in [6, 6.07) is -0.667. The molecule has 132 valence electrons. The number of hydrogen-bond acceptors (Lipinski definition) is 7. The minimum atomic E-state index is -1.07. The van der Waals surface area contributed by atoms with Crippen LogP contribution in [0.25, 0.3) is 0 Å². The highest BCUT2D eigenvalue weighted by Crippen LogP contribution is 2.30. The molecule has 3 saturated heterocycles. The molecule has 0 aromatic heterocycles. The van der Waals surface area contributed by atoms with Crippen LogP contribution in [0.2, 0.25) is 0 Å². The number of hydrogen-bond donors (Lipinski definition) is 2. The SMILES string of the molecule is CC1(C)C(=O)N(CO)C(=O)N1CO.CCC12COCN1COC2. The summed E-state index contributed by atoms with van der Waals surface area (Å²) < 4.78 is 10.7. The third-order valence-corrected chi connectivity index (χ3v) is 4.75. The van der Waals surface area contributed by atoms with Crippen molar-refractivity contribution in [3.05, 3.63) is 0 Å². The highest BCUT2D eigenvalue weighted by Gasteiger charge is 2.50. The first-order chi connectivity index (χ1) is 10.8. The summed E-state index contributed by atoms with van der Waals surface area (Å²) >= 11 is 0. The minimum absolute atomic E-state index is 0.236. The molecule has 0 aromatic rings. The zero-order valence-corrected chi connectivity index (χ0v) is 13.8. The smallest absolute Gasteiger partial charge is 0.331 e. The Morgan fingerprint density at radius 2 is 1.65 bits per heavy atom. The van der Waals surface area contributed by atoms with Gasteiger partial charge in [0.15, 0.2) is 0 Å². The van der Waals surface area contributed by atoms with Crippen molar-refractivity contribution in [3.8, 4) is 0 Å². The average molecular weight is 331 g/mol. The van der Waals surface area contributed by atoms with Crippen LogP contribution in [0, 0.1) is 0 Å². The van der Waals surface area contributed by atoms with Crippen LogP contribution in [0.15, 0.2) is 0 Å². The highest BCUT2D eigenvalue weighted by molar-refractivity contribution is 6.06. The van der Waals surface area contributed by atoms with Gasteiger partial charge in [0.05, 0.1) is 18.8 Å². The molecule has 0 aromatic carbocycles. The van der Waals surface area contributed by atoms with Crippen molar-refractivity contribution < 1.29 is 29.3 Å². The van der Waals surface area contributed by atoms with Crippen LogP contribution in [-0.4, -0.2) is 88.1 Å².